The number of hydrogen-bond acceptors (Lipinski definition) is 4. The molecule has 1 heterocycles. The summed E-state index contributed by atoms with van der Waals surface area (Å²) >= 11 is 0. The summed E-state index contributed by atoms with van der Waals surface area (Å²) < 4.78 is 0. The van der Waals surface area contributed by atoms with Crippen LogP contribution in [0.2, 0.25) is 0 Å². The van der Waals surface area contributed by atoms with Gasteiger partial charge in [-0.1, -0.05) is 13.0 Å². The summed E-state index contributed by atoms with van der Waals surface area (Å²) in [5.74, 6) is 0.714. The average molecular weight is 222 g/mol. The van der Waals surface area contributed by atoms with Crippen molar-refractivity contribution in [3.05, 3.63) is 23.9 Å². The second kappa shape index (κ2) is 6.07. The second-order valence-electron chi connectivity index (χ2n) is 3.51. The molecule has 16 heavy (non-hydrogen) atoms. The predicted molar refractivity (Wildman–Crippen MR) is 64.8 cm³/mol. The van der Waals surface area contributed by atoms with Crippen molar-refractivity contribution >= 4 is 11.7 Å². The molecule has 0 aliphatic heterocycles. The number of amidine groups is 1. The Morgan fingerprint density at radius 2 is 2.25 bits per heavy atom. The van der Waals surface area contributed by atoms with Gasteiger partial charge < -0.3 is 15.7 Å². The molecule has 1 rings (SSSR count). The van der Waals surface area contributed by atoms with Gasteiger partial charge in [0.25, 0.3) is 0 Å². The maximum absolute atomic E-state index is 8.97. The molecular formula is C11H18N4O. The highest BCUT2D eigenvalue weighted by molar-refractivity contribution is 5.93. The molecule has 5 heteroatoms. The molecule has 0 atom stereocenters. The zero-order chi connectivity index (χ0) is 12.0. The summed E-state index contributed by atoms with van der Waals surface area (Å²) in [7, 11) is 0. The SMILES string of the molecule is CCCN(CCO)c1cccc(C(=N)N)n1. The number of nitrogen functional groups attached to an aromatic ring is 1. The molecule has 0 saturated heterocycles. The minimum atomic E-state index is -0.0395. The first-order valence-corrected chi connectivity index (χ1v) is 5.36. The molecule has 0 fully saturated rings. The Morgan fingerprint density at radius 1 is 1.50 bits per heavy atom. The van der Waals surface area contributed by atoms with Gasteiger partial charge in [0.15, 0.2) is 0 Å². The maximum Gasteiger partial charge on any atom is 0.141 e. The highest BCUT2D eigenvalue weighted by atomic mass is 16.3. The molecule has 1 aromatic heterocycles. The van der Waals surface area contributed by atoms with Gasteiger partial charge in [0, 0.05) is 13.1 Å². The molecule has 0 radical (unpaired) electrons. The molecule has 0 saturated carbocycles. The van der Waals surface area contributed by atoms with Crippen molar-refractivity contribution in [2.24, 2.45) is 5.73 Å². The Hall–Kier alpha value is -1.62. The van der Waals surface area contributed by atoms with Gasteiger partial charge in [-0.25, -0.2) is 4.98 Å². The monoisotopic (exact) mass is 222 g/mol. The van der Waals surface area contributed by atoms with Crippen molar-refractivity contribution < 1.29 is 5.11 Å². The van der Waals surface area contributed by atoms with E-state index in [9.17, 15) is 0 Å². The summed E-state index contributed by atoms with van der Waals surface area (Å²) in [6, 6.07) is 5.38. The van der Waals surface area contributed by atoms with Crippen LogP contribution in [0.5, 0.6) is 0 Å². The molecule has 0 unspecified atom stereocenters. The highest BCUT2D eigenvalue weighted by Gasteiger charge is 2.07. The van der Waals surface area contributed by atoms with Crippen LogP contribution < -0.4 is 10.6 Å². The maximum atomic E-state index is 8.97. The van der Waals surface area contributed by atoms with Crippen LogP contribution in [0.15, 0.2) is 18.2 Å². The standard InChI is InChI=1S/C11H18N4O/c1-2-6-15(7-8-16)10-5-3-4-9(14-10)11(12)13/h3-5,16H,2,6-8H2,1H3,(H3,12,13). The summed E-state index contributed by atoms with van der Waals surface area (Å²) in [6.45, 7) is 3.53. The number of hydrogen-bond donors (Lipinski definition) is 3. The number of pyridine rings is 1. The number of aliphatic hydroxyl groups is 1. The lowest BCUT2D eigenvalue weighted by Gasteiger charge is -2.22. The molecule has 1 aromatic rings. The third-order valence-corrected chi connectivity index (χ3v) is 2.20. The normalized spacial score (nSPS) is 10.1. The first-order valence-electron chi connectivity index (χ1n) is 5.36. The molecule has 0 aromatic carbocycles. The van der Waals surface area contributed by atoms with E-state index < -0.39 is 0 Å². The molecule has 88 valence electrons. The fourth-order valence-corrected chi connectivity index (χ4v) is 1.48. The van der Waals surface area contributed by atoms with E-state index in [1.165, 1.54) is 0 Å². The lowest BCUT2D eigenvalue weighted by Crippen LogP contribution is -2.29. The summed E-state index contributed by atoms with van der Waals surface area (Å²) in [5, 5.41) is 16.3. The van der Waals surface area contributed by atoms with Gasteiger partial charge in [-0.05, 0) is 18.6 Å². The van der Waals surface area contributed by atoms with Crippen molar-refractivity contribution in [1.29, 1.82) is 5.41 Å². The van der Waals surface area contributed by atoms with Crippen LogP contribution in [0.4, 0.5) is 5.82 Å². The Kier molecular flexibility index (Phi) is 4.72. The smallest absolute Gasteiger partial charge is 0.141 e. The Balaban J connectivity index is 2.90. The first kappa shape index (κ1) is 12.4. The number of aliphatic hydroxyl groups excluding tert-OH is 1. The van der Waals surface area contributed by atoms with Crippen LogP contribution in [0.1, 0.15) is 19.0 Å². The van der Waals surface area contributed by atoms with Gasteiger partial charge in [-0.3, -0.25) is 5.41 Å². The molecule has 0 aliphatic carbocycles. The van der Waals surface area contributed by atoms with Gasteiger partial charge in [0.1, 0.15) is 17.3 Å². The number of anilines is 1. The van der Waals surface area contributed by atoms with E-state index in [1.54, 1.807) is 6.07 Å². The van der Waals surface area contributed by atoms with E-state index in [1.807, 2.05) is 17.0 Å². The number of aromatic nitrogens is 1. The lowest BCUT2D eigenvalue weighted by atomic mass is 10.3. The molecule has 4 N–H and O–H groups in total. The van der Waals surface area contributed by atoms with Gasteiger partial charge in [0.05, 0.1) is 6.61 Å². The van der Waals surface area contributed by atoms with E-state index in [-0.39, 0.29) is 12.4 Å². The Bertz CT molecular complexity index is 348. The first-order chi connectivity index (χ1) is 7.69. The quantitative estimate of drug-likeness (QED) is 0.485. The Morgan fingerprint density at radius 3 is 2.81 bits per heavy atom. The average Bonchev–Trinajstić information content (AvgIpc) is 2.29. The van der Waals surface area contributed by atoms with Crippen LogP contribution in [0.25, 0.3) is 0 Å². The van der Waals surface area contributed by atoms with E-state index >= 15 is 0 Å². The van der Waals surface area contributed by atoms with Gasteiger partial charge in [-0.2, -0.15) is 0 Å². The van der Waals surface area contributed by atoms with E-state index in [2.05, 4.69) is 11.9 Å². The zero-order valence-corrected chi connectivity index (χ0v) is 9.48. The van der Waals surface area contributed by atoms with Crippen LogP contribution in [0.3, 0.4) is 0 Å². The molecule has 0 aliphatic rings. The minimum absolute atomic E-state index is 0.0395. The largest absolute Gasteiger partial charge is 0.395 e. The number of rotatable bonds is 6. The fraction of sp³-hybridized carbons (Fsp3) is 0.455. The minimum Gasteiger partial charge on any atom is -0.395 e. The third kappa shape index (κ3) is 3.20. The topological polar surface area (TPSA) is 86.2 Å². The molecule has 0 amide bonds. The highest BCUT2D eigenvalue weighted by Crippen LogP contribution is 2.11. The lowest BCUT2D eigenvalue weighted by molar-refractivity contribution is 0.301. The number of nitrogens with two attached hydrogens (primary N) is 1. The number of nitrogens with zero attached hydrogens (tertiary/aromatic N) is 2. The van der Waals surface area contributed by atoms with Gasteiger partial charge >= 0.3 is 0 Å². The van der Waals surface area contributed by atoms with Gasteiger partial charge in [0.2, 0.25) is 0 Å². The summed E-state index contributed by atoms with van der Waals surface area (Å²) in [6.07, 6.45) is 0.978. The summed E-state index contributed by atoms with van der Waals surface area (Å²) in [5.41, 5.74) is 5.85. The second-order valence-corrected chi connectivity index (χ2v) is 3.51. The van der Waals surface area contributed by atoms with Crippen LogP contribution in [-0.4, -0.2) is 35.6 Å². The van der Waals surface area contributed by atoms with Crippen molar-refractivity contribution in [3.63, 3.8) is 0 Å². The summed E-state index contributed by atoms with van der Waals surface area (Å²) in [4.78, 5) is 6.25. The molecule has 0 spiro atoms. The Labute approximate surface area is 95.4 Å². The van der Waals surface area contributed by atoms with Crippen molar-refractivity contribution in [2.45, 2.75) is 13.3 Å². The van der Waals surface area contributed by atoms with Crippen molar-refractivity contribution in [3.8, 4) is 0 Å². The number of nitrogens with one attached hydrogen (secondary N) is 1. The van der Waals surface area contributed by atoms with E-state index in [4.69, 9.17) is 16.2 Å². The third-order valence-electron chi connectivity index (χ3n) is 2.20. The molecular weight excluding hydrogens is 204 g/mol. The van der Waals surface area contributed by atoms with Crippen LogP contribution in [0, 0.1) is 5.41 Å². The molecule has 0 bridgehead atoms. The zero-order valence-electron chi connectivity index (χ0n) is 9.48. The van der Waals surface area contributed by atoms with Crippen molar-refractivity contribution in [2.75, 3.05) is 24.6 Å². The van der Waals surface area contributed by atoms with Crippen molar-refractivity contribution in [1.82, 2.24) is 4.98 Å². The van der Waals surface area contributed by atoms with Crippen LogP contribution >= 0.6 is 0 Å². The van der Waals surface area contributed by atoms with E-state index in [0.29, 0.717) is 12.2 Å². The van der Waals surface area contributed by atoms with E-state index in [0.717, 1.165) is 18.8 Å². The fourth-order valence-electron chi connectivity index (χ4n) is 1.48. The predicted octanol–water partition coefficient (Wildman–Crippen LogP) is 0.574. The van der Waals surface area contributed by atoms with Crippen LogP contribution in [-0.2, 0) is 0 Å². The molecule has 5 nitrogen and oxygen atoms in total. The van der Waals surface area contributed by atoms with Gasteiger partial charge in [-0.15, -0.1) is 0 Å².